The number of hydrogen-bond donors (Lipinski definition) is 1. The van der Waals surface area contributed by atoms with Crippen LogP contribution in [-0.4, -0.2) is 25.9 Å². The van der Waals surface area contributed by atoms with Gasteiger partial charge in [-0.1, -0.05) is 58.0 Å². The van der Waals surface area contributed by atoms with E-state index in [0.717, 1.165) is 52.4 Å². The van der Waals surface area contributed by atoms with Gasteiger partial charge in [0.1, 0.15) is 0 Å². The third kappa shape index (κ3) is 3.49. The third-order valence-electron chi connectivity index (χ3n) is 5.17. The van der Waals surface area contributed by atoms with E-state index in [1.165, 1.54) is 17.3 Å². The summed E-state index contributed by atoms with van der Waals surface area (Å²) in [5, 5.41) is 12.7. The molecule has 2 heterocycles. The summed E-state index contributed by atoms with van der Waals surface area (Å²) in [6.07, 6.45) is 3.94. The van der Waals surface area contributed by atoms with Crippen molar-refractivity contribution in [3.8, 4) is 11.4 Å². The second-order valence-electron chi connectivity index (χ2n) is 7.21. The molecular formula is C21H19BrN4OS. The molecule has 0 bridgehead atoms. The number of halogens is 1. The molecule has 2 aliphatic rings. The van der Waals surface area contributed by atoms with E-state index in [-0.39, 0.29) is 11.2 Å². The molecule has 1 amide bonds. The Morgan fingerprint density at radius 2 is 1.82 bits per heavy atom. The number of aromatic nitrogens is 3. The fraction of sp³-hybridized carbons (Fsp3) is 0.286. The van der Waals surface area contributed by atoms with E-state index in [1.807, 2.05) is 30.3 Å². The molecule has 1 saturated carbocycles. The van der Waals surface area contributed by atoms with E-state index < -0.39 is 0 Å². The van der Waals surface area contributed by atoms with Gasteiger partial charge in [0.05, 0.1) is 5.25 Å². The molecule has 3 aromatic rings. The SMILES string of the molecule is O=C1Nc2ccccc2CC[C@H]1Sc1nnc(-c2ccc(Br)cc2)n1C1CC1. The molecule has 0 saturated heterocycles. The molecule has 5 nitrogen and oxygen atoms in total. The van der Waals surface area contributed by atoms with Crippen molar-refractivity contribution in [2.24, 2.45) is 0 Å². The molecule has 1 aliphatic heterocycles. The van der Waals surface area contributed by atoms with Crippen molar-refractivity contribution in [2.45, 2.75) is 42.1 Å². The van der Waals surface area contributed by atoms with Crippen LogP contribution in [0.2, 0.25) is 0 Å². The highest BCUT2D eigenvalue weighted by Crippen LogP contribution is 2.42. The summed E-state index contributed by atoms with van der Waals surface area (Å²) >= 11 is 5.02. The Bertz CT molecular complexity index is 1030. The van der Waals surface area contributed by atoms with E-state index in [4.69, 9.17) is 0 Å². The number of thioether (sulfide) groups is 1. The number of amides is 1. The predicted octanol–water partition coefficient (Wildman–Crippen LogP) is 5.09. The van der Waals surface area contributed by atoms with E-state index in [2.05, 4.69) is 54.2 Å². The second-order valence-corrected chi connectivity index (χ2v) is 9.29. The largest absolute Gasteiger partial charge is 0.325 e. The Hall–Kier alpha value is -2.12. The van der Waals surface area contributed by atoms with Crippen LogP contribution in [0.4, 0.5) is 5.69 Å². The van der Waals surface area contributed by atoms with Gasteiger partial charge in [0.15, 0.2) is 11.0 Å². The summed E-state index contributed by atoms with van der Waals surface area (Å²) in [5.74, 6) is 0.931. The molecule has 7 heteroatoms. The maximum absolute atomic E-state index is 12.8. The van der Waals surface area contributed by atoms with Crippen molar-refractivity contribution in [1.29, 1.82) is 0 Å². The van der Waals surface area contributed by atoms with Crippen molar-refractivity contribution in [3.63, 3.8) is 0 Å². The molecule has 1 atom stereocenters. The fourth-order valence-corrected chi connectivity index (χ4v) is 4.90. The van der Waals surface area contributed by atoms with Gasteiger partial charge in [-0.2, -0.15) is 0 Å². The molecule has 0 radical (unpaired) electrons. The van der Waals surface area contributed by atoms with Crippen LogP contribution in [0.25, 0.3) is 11.4 Å². The minimum Gasteiger partial charge on any atom is -0.325 e. The maximum Gasteiger partial charge on any atom is 0.237 e. The minimum absolute atomic E-state index is 0.0467. The van der Waals surface area contributed by atoms with Gasteiger partial charge in [-0.05, 0) is 49.4 Å². The van der Waals surface area contributed by atoms with Crippen molar-refractivity contribution in [1.82, 2.24) is 14.8 Å². The van der Waals surface area contributed by atoms with Crippen LogP contribution in [0.3, 0.4) is 0 Å². The van der Waals surface area contributed by atoms with Crippen molar-refractivity contribution in [3.05, 3.63) is 58.6 Å². The molecule has 28 heavy (non-hydrogen) atoms. The number of fused-ring (bicyclic) bond motifs is 1. The summed E-state index contributed by atoms with van der Waals surface area (Å²) in [6, 6.07) is 16.6. The van der Waals surface area contributed by atoms with E-state index >= 15 is 0 Å². The van der Waals surface area contributed by atoms with Gasteiger partial charge in [0, 0.05) is 21.8 Å². The highest BCUT2D eigenvalue weighted by atomic mass is 79.9. The highest BCUT2D eigenvalue weighted by molar-refractivity contribution is 9.10. The number of para-hydroxylation sites is 1. The summed E-state index contributed by atoms with van der Waals surface area (Å²) < 4.78 is 3.26. The Morgan fingerprint density at radius 3 is 2.61 bits per heavy atom. The lowest BCUT2D eigenvalue weighted by Crippen LogP contribution is -2.24. The molecule has 0 spiro atoms. The van der Waals surface area contributed by atoms with Crippen molar-refractivity contribution < 1.29 is 4.79 Å². The maximum atomic E-state index is 12.8. The van der Waals surface area contributed by atoms with Crippen LogP contribution in [0, 0.1) is 0 Å². The first-order valence-electron chi connectivity index (χ1n) is 9.45. The monoisotopic (exact) mass is 454 g/mol. The lowest BCUT2D eigenvalue weighted by molar-refractivity contribution is -0.115. The zero-order chi connectivity index (χ0) is 19.1. The van der Waals surface area contributed by atoms with E-state index in [0.29, 0.717) is 6.04 Å². The number of rotatable bonds is 4. The van der Waals surface area contributed by atoms with Crippen LogP contribution in [0.5, 0.6) is 0 Å². The molecule has 1 fully saturated rings. The van der Waals surface area contributed by atoms with Crippen LogP contribution in [0.1, 0.15) is 30.9 Å². The summed E-state index contributed by atoms with van der Waals surface area (Å²) in [7, 11) is 0. The first-order chi connectivity index (χ1) is 13.7. The van der Waals surface area contributed by atoms with Crippen molar-refractivity contribution in [2.75, 3.05) is 5.32 Å². The second kappa shape index (κ2) is 7.37. The average molecular weight is 455 g/mol. The van der Waals surface area contributed by atoms with Crippen molar-refractivity contribution >= 4 is 39.3 Å². The predicted molar refractivity (Wildman–Crippen MR) is 114 cm³/mol. The first-order valence-corrected chi connectivity index (χ1v) is 11.1. The van der Waals surface area contributed by atoms with Crippen LogP contribution in [-0.2, 0) is 11.2 Å². The minimum atomic E-state index is -0.174. The number of aryl methyl sites for hydroxylation is 1. The Morgan fingerprint density at radius 1 is 1.04 bits per heavy atom. The normalized spacial score (nSPS) is 19.0. The highest BCUT2D eigenvalue weighted by Gasteiger charge is 2.33. The number of hydrogen-bond acceptors (Lipinski definition) is 4. The Balaban J connectivity index is 1.43. The van der Waals surface area contributed by atoms with Gasteiger partial charge < -0.3 is 5.32 Å². The molecule has 1 N–H and O–H groups in total. The van der Waals surface area contributed by atoms with Crippen LogP contribution in [0.15, 0.2) is 58.2 Å². The zero-order valence-corrected chi connectivity index (χ0v) is 17.5. The molecular weight excluding hydrogens is 436 g/mol. The molecule has 1 aliphatic carbocycles. The lowest BCUT2D eigenvalue weighted by Gasteiger charge is -2.14. The smallest absolute Gasteiger partial charge is 0.237 e. The zero-order valence-electron chi connectivity index (χ0n) is 15.1. The standard InChI is InChI=1S/C21H19BrN4OS/c22-15-8-5-14(6-9-15)19-24-25-21(26(19)16-10-11-16)28-18-12-7-13-3-1-2-4-17(13)23-20(18)27/h1-6,8-9,16,18H,7,10-12H2,(H,23,27)/t18-/m1/s1. The summed E-state index contributed by atoms with van der Waals surface area (Å²) in [5.41, 5.74) is 3.17. The molecule has 0 unspecified atom stereocenters. The lowest BCUT2D eigenvalue weighted by atomic mass is 10.1. The van der Waals surface area contributed by atoms with Gasteiger partial charge in [0.25, 0.3) is 0 Å². The van der Waals surface area contributed by atoms with Gasteiger partial charge >= 0.3 is 0 Å². The number of nitrogens with one attached hydrogen (secondary N) is 1. The molecule has 1 aromatic heterocycles. The van der Waals surface area contributed by atoms with E-state index in [1.54, 1.807) is 0 Å². The molecule has 5 rings (SSSR count). The number of nitrogens with zero attached hydrogens (tertiary/aromatic N) is 3. The first kappa shape index (κ1) is 17.9. The fourth-order valence-electron chi connectivity index (χ4n) is 3.55. The van der Waals surface area contributed by atoms with Gasteiger partial charge in [-0.25, -0.2) is 0 Å². The van der Waals surface area contributed by atoms with Gasteiger partial charge in [0.2, 0.25) is 5.91 Å². The van der Waals surface area contributed by atoms with Gasteiger partial charge in [-0.3, -0.25) is 9.36 Å². The van der Waals surface area contributed by atoms with Crippen LogP contribution < -0.4 is 5.32 Å². The third-order valence-corrected chi connectivity index (χ3v) is 6.92. The summed E-state index contributed by atoms with van der Waals surface area (Å²) in [6.45, 7) is 0. The number of carbonyl (C=O) groups is 1. The van der Waals surface area contributed by atoms with E-state index in [9.17, 15) is 4.79 Å². The summed E-state index contributed by atoms with van der Waals surface area (Å²) in [4.78, 5) is 12.8. The topological polar surface area (TPSA) is 59.8 Å². The molecule has 2 aromatic carbocycles. The average Bonchev–Trinajstić information content (AvgIpc) is 3.48. The number of anilines is 1. The number of carbonyl (C=O) groups excluding carboxylic acids is 1. The van der Waals surface area contributed by atoms with Crippen LogP contribution >= 0.6 is 27.7 Å². The Labute approximate surface area is 176 Å². The molecule has 142 valence electrons. The Kier molecular flexibility index (Phi) is 4.72. The number of benzene rings is 2. The van der Waals surface area contributed by atoms with Gasteiger partial charge in [-0.15, -0.1) is 10.2 Å². The quantitative estimate of drug-likeness (QED) is 0.596.